The van der Waals surface area contributed by atoms with E-state index in [0.29, 0.717) is 0 Å². The van der Waals surface area contributed by atoms with Crippen molar-refractivity contribution in [3.05, 3.63) is 181 Å². The number of carbonyl (C=O) groups is 2. The summed E-state index contributed by atoms with van der Waals surface area (Å²) in [5, 5.41) is 3.62. The molecule has 56 heavy (non-hydrogen) atoms. The lowest BCUT2D eigenvalue weighted by Gasteiger charge is -2.33. The zero-order valence-corrected chi connectivity index (χ0v) is 33.0. The fraction of sp³-hybridized carbons (Fsp3) is 0.0952. The quantitative estimate of drug-likeness (QED) is 0.0694. The first-order valence-electron chi connectivity index (χ1n) is 17.2. The van der Waals surface area contributed by atoms with Crippen LogP contribution >= 0.6 is 15.8 Å². The van der Waals surface area contributed by atoms with E-state index < -0.39 is 81.1 Å². The van der Waals surface area contributed by atoms with Gasteiger partial charge in [0.2, 0.25) is 0 Å². The number of hydrogen-bond acceptors (Lipinski definition) is 8. The first-order valence-corrected chi connectivity index (χ1v) is 23.1. The fourth-order valence-electron chi connectivity index (χ4n) is 6.10. The van der Waals surface area contributed by atoms with Gasteiger partial charge in [0.1, 0.15) is 22.0 Å². The second-order valence-electron chi connectivity index (χ2n) is 12.4. The summed E-state index contributed by atoms with van der Waals surface area (Å²) in [4.78, 5) is 27.1. The third-order valence-electron chi connectivity index (χ3n) is 8.70. The molecule has 0 amide bonds. The minimum absolute atomic E-state index is 0.0772. The van der Waals surface area contributed by atoms with Gasteiger partial charge in [-0.2, -0.15) is 16.8 Å². The third-order valence-corrected chi connectivity index (χ3v) is 15.7. The molecule has 0 heterocycles. The molecule has 2 N–H and O–H groups in total. The highest BCUT2D eigenvalue weighted by Crippen LogP contribution is 2.41. The van der Waals surface area contributed by atoms with Gasteiger partial charge in [-0.25, -0.2) is 9.59 Å². The Morgan fingerprint density at radius 3 is 0.946 bits per heavy atom. The molecule has 0 aliphatic carbocycles. The van der Waals surface area contributed by atoms with E-state index in [1.54, 1.807) is 0 Å². The molecule has 0 aromatic heterocycles. The van der Waals surface area contributed by atoms with E-state index in [-0.39, 0.29) is 12.3 Å². The number of rotatable bonds is 15. The van der Waals surface area contributed by atoms with E-state index in [4.69, 9.17) is 9.47 Å². The molecule has 0 saturated heterocycles. The molecule has 6 aromatic rings. The first-order chi connectivity index (χ1) is 26.9. The maximum Gasteiger partial charge on any atom is 0.339 e. The Kier molecular flexibility index (Phi) is 13.2. The van der Waals surface area contributed by atoms with Gasteiger partial charge >= 0.3 is 11.9 Å². The molecule has 0 aliphatic rings. The molecule has 0 aliphatic heterocycles. The van der Waals surface area contributed by atoms with Crippen LogP contribution in [-0.2, 0) is 29.7 Å². The smallest absolute Gasteiger partial charge is 0.339 e. The molecule has 10 nitrogen and oxygen atoms in total. The average molecular weight is 827 g/mol. The van der Waals surface area contributed by atoms with Crippen LogP contribution in [0.25, 0.3) is 0 Å². The van der Waals surface area contributed by atoms with Crippen LogP contribution in [0.2, 0.25) is 0 Å². The van der Waals surface area contributed by atoms with Crippen LogP contribution in [-0.4, -0.2) is 62.4 Å². The van der Waals surface area contributed by atoms with E-state index >= 15 is 0 Å². The normalized spacial score (nSPS) is 12.9. The average Bonchev–Trinajstić information content (AvgIpc) is 3.21. The predicted octanol–water partition coefficient (Wildman–Crippen LogP) is 6.20. The summed E-state index contributed by atoms with van der Waals surface area (Å²) in [6.07, 6.45) is -2.40. The lowest BCUT2D eigenvalue weighted by Crippen LogP contribution is -2.42. The number of esters is 2. The van der Waals surface area contributed by atoms with Crippen molar-refractivity contribution in [1.29, 1.82) is 0 Å². The highest BCUT2D eigenvalue weighted by molar-refractivity contribution is 7.86. The first kappa shape index (κ1) is 40.6. The van der Waals surface area contributed by atoms with Gasteiger partial charge in [0, 0.05) is 12.3 Å². The lowest BCUT2D eigenvalue weighted by molar-refractivity contribution is -0.0217. The van der Waals surface area contributed by atoms with Gasteiger partial charge in [-0.3, -0.25) is 9.11 Å². The van der Waals surface area contributed by atoms with Gasteiger partial charge in [-0.15, -0.1) is 0 Å². The zero-order chi connectivity index (χ0) is 39.7. The van der Waals surface area contributed by atoms with Crippen LogP contribution in [0.1, 0.15) is 20.7 Å². The molecule has 0 unspecified atom stereocenters. The van der Waals surface area contributed by atoms with Crippen molar-refractivity contribution in [2.45, 2.75) is 22.0 Å². The Morgan fingerprint density at radius 2 is 0.679 bits per heavy atom. The Morgan fingerprint density at radius 1 is 0.429 bits per heavy atom. The Bertz CT molecular complexity index is 2230. The summed E-state index contributed by atoms with van der Waals surface area (Å²) in [6.45, 7) is 0. The third kappa shape index (κ3) is 10.2. The SMILES string of the molecule is O=C(O[C@@H](CP(c1ccccc1)c1ccccc1)[C@H](CP(c1ccccc1)c1ccccc1)OC(=O)c1ccccc1S(=O)(=O)O)c1ccccc1S(=O)(=O)O. The molecule has 0 saturated carbocycles. The summed E-state index contributed by atoms with van der Waals surface area (Å²) in [5.41, 5.74) is -0.863. The lowest BCUT2D eigenvalue weighted by atomic mass is 10.2. The van der Waals surface area contributed by atoms with E-state index in [2.05, 4.69) is 0 Å². The number of carbonyl (C=O) groups excluding carboxylic acids is 2. The molecule has 286 valence electrons. The second kappa shape index (κ2) is 18.3. The molecule has 14 heteroatoms. The number of benzene rings is 6. The van der Waals surface area contributed by atoms with Crippen LogP contribution in [0.5, 0.6) is 0 Å². The van der Waals surface area contributed by atoms with Gasteiger partial charge in [0.05, 0.1) is 11.1 Å². The number of hydrogen-bond donors (Lipinski definition) is 2. The number of ether oxygens (including phenoxy) is 2. The largest absolute Gasteiger partial charge is 0.454 e. The fourth-order valence-corrected chi connectivity index (χ4v) is 12.4. The summed E-state index contributed by atoms with van der Waals surface area (Å²) in [7, 11) is -12.4. The molecule has 0 spiro atoms. The van der Waals surface area contributed by atoms with E-state index in [0.717, 1.165) is 33.4 Å². The van der Waals surface area contributed by atoms with Gasteiger partial charge in [-0.05, 0) is 61.3 Å². The van der Waals surface area contributed by atoms with E-state index in [1.807, 2.05) is 121 Å². The van der Waals surface area contributed by atoms with Crippen molar-refractivity contribution >= 4 is 69.2 Å². The maximum atomic E-state index is 14.2. The minimum atomic E-state index is -4.87. The molecule has 2 atom stereocenters. The van der Waals surface area contributed by atoms with Crippen molar-refractivity contribution in [3.8, 4) is 0 Å². The predicted molar refractivity (Wildman–Crippen MR) is 219 cm³/mol. The molecular formula is C42H36O10P2S2. The highest BCUT2D eigenvalue weighted by atomic mass is 32.2. The van der Waals surface area contributed by atoms with Gasteiger partial charge in [-0.1, -0.05) is 146 Å². The topological polar surface area (TPSA) is 161 Å². The van der Waals surface area contributed by atoms with Crippen LogP contribution < -0.4 is 21.2 Å². The standard InChI is InChI=1S/C42H36O10P2S2/c43-41(35-25-13-15-27-39(35)55(45,46)47)51-37(29-53(31-17-5-1-6-18-31)32-19-7-2-8-20-32)38(52-42(44)36-26-14-16-28-40(36)56(48,49)50)30-54(33-21-9-3-10-22-33)34-23-11-4-12-24-34/h1-28,37-38H,29-30H2,(H,45,46,47)(H,48,49,50)/t37-,38-/m0/s1. The molecule has 6 rings (SSSR count). The van der Waals surface area contributed by atoms with Crippen molar-refractivity contribution in [2.75, 3.05) is 12.3 Å². The Hall–Kier alpha value is -5.06. The Balaban J connectivity index is 1.53. The van der Waals surface area contributed by atoms with Crippen LogP contribution in [0.3, 0.4) is 0 Å². The monoisotopic (exact) mass is 826 g/mol. The Labute approximate surface area is 328 Å². The summed E-state index contributed by atoms with van der Waals surface area (Å²) in [6, 6.07) is 48.2. The molecular weight excluding hydrogens is 791 g/mol. The van der Waals surface area contributed by atoms with Gasteiger partial charge in [0.15, 0.2) is 0 Å². The van der Waals surface area contributed by atoms with Crippen molar-refractivity contribution in [1.82, 2.24) is 0 Å². The molecule has 6 aromatic carbocycles. The summed E-state index contributed by atoms with van der Waals surface area (Å²) < 4.78 is 82.3. The zero-order valence-electron chi connectivity index (χ0n) is 29.6. The van der Waals surface area contributed by atoms with Crippen LogP contribution in [0.4, 0.5) is 0 Å². The van der Waals surface area contributed by atoms with Crippen LogP contribution in [0.15, 0.2) is 180 Å². The maximum absolute atomic E-state index is 14.2. The molecule has 0 fully saturated rings. The minimum Gasteiger partial charge on any atom is -0.454 e. The van der Waals surface area contributed by atoms with Gasteiger partial charge in [0.25, 0.3) is 20.2 Å². The van der Waals surface area contributed by atoms with Crippen molar-refractivity contribution in [3.63, 3.8) is 0 Å². The molecule has 0 bridgehead atoms. The van der Waals surface area contributed by atoms with Gasteiger partial charge < -0.3 is 9.47 Å². The second-order valence-corrected chi connectivity index (χ2v) is 19.7. The van der Waals surface area contributed by atoms with Crippen molar-refractivity contribution < 1.29 is 45.0 Å². The van der Waals surface area contributed by atoms with E-state index in [9.17, 15) is 35.5 Å². The van der Waals surface area contributed by atoms with Crippen LogP contribution in [0, 0.1) is 0 Å². The molecule has 0 radical (unpaired) electrons. The highest BCUT2D eigenvalue weighted by Gasteiger charge is 2.37. The van der Waals surface area contributed by atoms with E-state index in [1.165, 1.54) is 36.4 Å². The summed E-state index contributed by atoms with van der Waals surface area (Å²) in [5.74, 6) is -2.19. The van der Waals surface area contributed by atoms with Crippen molar-refractivity contribution in [2.24, 2.45) is 0 Å². The summed E-state index contributed by atoms with van der Waals surface area (Å²) >= 11 is 0.